The van der Waals surface area contributed by atoms with Crippen LogP contribution in [0.25, 0.3) is 5.57 Å². The van der Waals surface area contributed by atoms with Gasteiger partial charge in [0.1, 0.15) is 0 Å². The number of rotatable bonds is 0. The molecule has 1 saturated carbocycles. The number of ether oxygens (including phenoxy) is 2. The number of fused-ring (bicyclic) bond motifs is 5. The van der Waals surface area contributed by atoms with Crippen molar-refractivity contribution in [2.75, 3.05) is 0 Å². The normalized spacial score (nSPS) is 43.7. The maximum absolute atomic E-state index is 12.9. The van der Waals surface area contributed by atoms with E-state index in [9.17, 15) is 19.2 Å². The quantitative estimate of drug-likeness (QED) is 0.367. The predicted octanol–water partition coefficient (Wildman–Crippen LogP) is 2.64. The Bertz CT molecular complexity index is 1170. The number of esters is 4. The molecule has 0 amide bonds. The van der Waals surface area contributed by atoms with Crippen LogP contribution in [-0.2, 0) is 28.7 Å². The minimum absolute atomic E-state index is 0.126. The topological polar surface area (TPSA) is 86.7 Å². The summed E-state index contributed by atoms with van der Waals surface area (Å²) in [4.78, 5) is 51.0. The van der Waals surface area contributed by atoms with Gasteiger partial charge in [-0.3, -0.25) is 19.2 Å². The molecule has 6 heteroatoms. The van der Waals surface area contributed by atoms with Crippen molar-refractivity contribution in [3.05, 3.63) is 53.1 Å². The number of allylic oxidation sites excluding steroid dienone is 4. The minimum Gasteiger partial charge on any atom is -0.393 e. The summed E-state index contributed by atoms with van der Waals surface area (Å²) < 4.78 is 10.2. The molecule has 0 spiro atoms. The lowest BCUT2D eigenvalue weighted by Gasteiger charge is -2.54. The highest BCUT2D eigenvalue weighted by Gasteiger charge is 2.68. The van der Waals surface area contributed by atoms with E-state index in [4.69, 9.17) is 9.47 Å². The molecule has 0 radical (unpaired) electrons. The Morgan fingerprint density at radius 1 is 0.774 bits per heavy atom. The number of cyclic esters (lactones) is 4. The Morgan fingerprint density at radius 2 is 1.45 bits per heavy atom. The van der Waals surface area contributed by atoms with Crippen LogP contribution in [-0.4, -0.2) is 23.9 Å². The van der Waals surface area contributed by atoms with Gasteiger partial charge in [-0.05, 0) is 40.9 Å². The van der Waals surface area contributed by atoms with Crippen molar-refractivity contribution in [3.63, 3.8) is 0 Å². The molecule has 1 aromatic carbocycles. The predicted molar refractivity (Wildman–Crippen MR) is 106 cm³/mol. The molecular formula is C25H20O6. The van der Waals surface area contributed by atoms with E-state index in [1.165, 1.54) is 5.56 Å². The molecule has 0 N–H and O–H groups in total. The van der Waals surface area contributed by atoms with Crippen molar-refractivity contribution in [1.29, 1.82) is 0 Å². The largest absolute Gasteiger partial charge is 0.393 e. The zero-order valence-electron chi connectivity index (χ0n) is 16.8. The van der Waals surface area contributed by atoms with Gasteiger partial charge in [0.2, 0.25) is 0 Å². The third kappa shape index (κ3) is 1.95. The Balaban J connectivity index is 1.55. The molecule has 0 aromatic heterocycles. The van der Waals surface area contributed by atoms with Gasteiger partial charge in [0, 0.05) is 11.8 Å². The van der Waals surface area contributed by atoms with Crippen LogP contribution in [0.15, 0.2) is 42.0 Å². The summed E-state index contributed by atoms with van der Waals surface area (Å²) in [6, 6.07) is 8.22. The fourth-order valence-corrected chi connectivity index (χ4v) is 7.65. The van der Waals surface area contributed by atoms with Crippen molar-refractivity contribution in [1.82, 2.24) is 0 Å². The van der Waals surface area contributed by atoms with Gasteiger partial charge in [0.25, 0.3) is 0 Å². The van der Waals surface area contributed by atoms with Crippen LogP contribution in [0.2, 0.25) is 0 Å². The molecule has 8 rings (SSSR count). The standard InChI is InChI=1S/C25H20O6/c1-9-8-14-15(11-5-3-2-4-10(9)11)16-12-6-7-13(19-18(12)22(26)30-23(19)27)17(16)21-20(14)24(28)31-25(21)29/h2-7,9,12-14,17-21H,8H2,1H3/t9-,12-,13-,14-,17+,18-,19+,20-,21-/m1/s1. The van der Waals surface area contributed by atoms with Gasteiger partial charge in [0.15, 0.2) is 0 Å². The maximum Gasteiger partial charge on any atom is 0.318 e. The number of hydrogen-bond donors (Lipinski definition) is 0. The van der Waals surface area contributed by atoms with Crippen LogP contribution in [0.3, 0.4) is 0 Å². The van der Waals surface area contributed by atoms with Crippen LogP contribution < -0.4 is 0 Å². The summed E-state index contributed by atoms with van der Waals surface area (Å²) in [5.74, 6) is -5.00. The SMILES string of the molecule is C[C@@H]1C[C@@H]2C(=C3[C@H]([C@H]4C=C[C@H]3[C@H]3C(=O)OC(=O)[C@@H]43)[C@H]3C(=O)OC(=O)[C@@H]32)c2ccccc21. The first-order valence-electron chi connectivity index (χ1n) is 11.0. The first-order chi connectivity index (χ1) is 15.0. The van der Waals surface area contributed by atoms with Gasteiger partial charge in [-0.2, -0.15) is 0 Å². The molecule has 2 bridgehead atoms. The Labute approximate surface area is 178 Å². The third-order valence-electron chi connectivity index (χ3n) is 8.63. The molecule has 7 aliphatic rings. The molecule has 31 heavy (non-hydrogen) atoms. The van der Waals surface area contributed by atoms with Crippen LogP contribution >= 0.6 is 0 Å². The van der Waals surface area contributed by atoms with Crippen molar-refractivity contribution < 1.29 is 28.7 Å². The maximum atomic E-state index is 12.9. The number of carbonyl (C=O) groups excluding carboxylic acids is 4. The Kier molecular flexibility index (Phi) is 3.19. The van der Waals surface area contributed by atoms with E-state index in [2.05, 4.69) is 19.1 Å². The highest BCUT2D eigenvalue weighted by atomic mass is 16.6. The van der Waals surface area contributed by atoms with Gasteiger partial charge < -0.3 is 9.47 Å². The summed E-state index contributed by atoms with van der Waals surface area (Å²) in [6.07, 6.45) is 4.74. The second-order valence-corrected chi connectivity index (χ2v) is 9.80. The number of hydrogen-bond acceptors (Lipinski definition) is 6. The van der Waals surface area contributed by atoms with Gasteiger partial charge in [-0.25, -0.2) is 0 Å². The molecule has 5 aliphatic carbocycles. The lowest BCUT2D eigenvalue weighted by Crippen LogP contribution is -2.53. The Hall–Kier alpha value is -3.02. The van der Waals surface area contributed by atoms with E-state index in [1.807, 2.05) is 24.3 Å². The summed E-state index contributed by atoms with van der Waals surface area (Å²) in [6.45, 7) is 2.15. The lowest BCUT2D eigenvalue weighted by molar-refractivity contribution is -0.156. The van der Waals surface area contributed by atoms with E-state index in [-0.39, 0.29) is 29.6 Å². The molecule has 0 unspecified atom stereocenters. The van der Waals surface area contributed by atoms with Crippen molar-refractivity contribution in [3.8, 4) is 0 Å². The molecule has 9 atom stereocenters. The number of benzene rings is 1. The summed E-state index contributed by atoms with van der Waals surface area (Å²) in [5, 5.41) is 0. The van der Waals surface area contributed by atoms with Crippen molar-refractivity contribution in [2.24, 2.45) is 47.3 Å². The van der Waals surface area contributed by atoms with Crippen LogP contribution in [0.4, 0.5) is 0 Å². The summed E-state index contributed by atoms with van der Waals surface area (Å²) >= 11 is 0. The molecule has 1 aromatic rings. The first-order valence-corrected chi connectivity index (χ1v) is 11.0. The minimum atomic E-state index is -0.601. The highest BCUT2D eigenvalue weighted by Crippen LogP contribution is 2.66. The molecule has 3 fully saturated rings. The average Bonchev–Trinajstić information content (AvgIpc) is 3.24. The smallest absolute Gasteiger partial charge is 0.318 e. The third-order valence-corrected chi connectivity index (χ3v) is 8.63. The van der Waals surface area contributed by atoms with E-state index in [0.29, 0.717) is 0 Å². The van der Waals surface area contributed by atoms with Crippen LogP contribution in [0.1, 0.15) is 30.4 Å². The van der Waals surface area contributed by atoms with E-state index in [0.717, 1.165) is 23.1 Å². The number of carbonyl (C=O) groups is 4. The zero-order chi connectivity index (χ0) is 21.2. The second kappa shape index (κ2) is 5.61. The van der Waals surface area contributed by atoms with Crippen LogP contribution in [0, 0.1) is 47.3 Å². The van der Waals surface area contributed by atoms with E-state index >= 15 is 0 Å². The van der Waals surface area contributed by atoms with Gasteiger partial charge in [-0.15, -0.1) is 0 Å². The van der Waals surface area contributed by atoms with Gasteiger partial charge in [-0.1, -0.05) is 48.9 Å². The summed E-state index contributed by atoms with van der Waals surface area (Å²) in [5.41, 5.74) is 4.48. The highest BCUT2D eigenvalue weighted by molar-refractivity contribution is 6.02. The Morgan fingerprint density at radius 3 is 2.26 bits per heavy atom. The van der Waals surface area contributed by atoms with E-state index in [1.54, 1.807) is 0 Å². The molecule has 2 saturated heterocycles. The lowest BCUT2D eigenvalue weighted by atomic mass is 9.46. The van der Waals surface area contributed by atoms with Gasteiger partial charge >= 0.3 is 23.9 Å². The molecule has 156 valence electrons. The zero-order valence-corrected chi connectivity index (χ0v) is 16.8. The summed E-state index contributed by atoms with van der Waals surface area (Å²) in [7, 11) is 0. The fourth-order valence-electron chi connectivity index (χ4n) is 7.65. The van der Waals surface area contributed by atoms with E-state index < -0.39 is 47.5 Å². The van der Waals surface area contributed by atoms with Crippen LogP contribution in [0.5, 0.6) is 0 Å². The molecular weight excluding hydrogens is 396 g/mol. The average molecular weight is 416 g/mol. The molecule has 2 heterocycles. The first kappa shape index (κ1) is 17.6. The molecule has 2 aliphatic heterocycles. The monoisotopic (exact) mass is 416 g/mol. The van der Waals surface area contributed by atoms with Crippen molar-refractivity contribution in [2.45, 2.75) is 19.3 Å². The van der Waals surface area contributed by atoms with Crippen molar-refractivity contribution >= 4 is 29.5 Å². The van der Waals surface area contributed by atoms with Gasteiger partial charge in [0.05, 0.1) is 23.7 Å². The molecule has 6 nitrogen and oxygen atoms in total. The fraction of sp³-hybridized carbons (Fsp3) is 0.440. The second-order valence-electron chi connectivity index (χ2n) is 9.80.